The van der Waals surface area contributed by atoms with Crippen LogP contribution in [0.4, 0.5) is 18.0 Å². The molecule has 0 aliphatic carbocycles. The van der Waals surface area contributed by atoms with Crippen molar-refractivity contribution in [1.82, 2.24) is 5.32 Å². The van der Waals surface area contributed by atoms with Crippen molar-refractivity contribution >= 4 is 15.9 Å². The summed E-state index contributed by atoms with van der Waals surface area (Å²) >= 11 is 0. The zero-order valence-corrected chi connectivity index (χ0v) is 10.3. The van der Waals surface area contributed by atoms with E-state index in [-0.39, 0.29) is 11.4 Å². The number of halogens is 3. The van der Waals surface area contributed by atoms with Gasteiger partial charge >= 0.3 is 12.3 Å². The minimum atomic E-state index is -4.53. The van der Waals surface area contributed by atoms with Gasteiger partial charge in [-0.1, -0.05) is 0 Å². The normalized spacial score (nSPS) is 12.2. The van der Waals surface area contributed by atoms with Crippen molar-refractivity contribution in [2.45, 2.75) is 11.1 Å². The number of sulfone groups is 1. The van der Waals surface area contributed by atoms with Gasteiger partial charge < -0.3 is 10.4 Å². The van der Waals surface area contributed by atoms with Gasteiger partial charge in [-0.05, 0) is 24.3 Å². The summed E-state index contributed by atoms with van der Waals surface area (Å²) in [6, 6.07) is 3.02. The Labute approximate surface area is 107 Å². The van der Waals surface area contributed by atoms with E-state index in [1.165, 1.54) is 0 Å². The van der Waals surface area contributed by atoms with Gasteiger partial charge in [-0.25, -0.2) is 13.2 Å². The van der Waals surface area contributed by atoms with Gasteiger partial charge in [-0.2, -0.15) is 13.2 Å². The number of carbonyl (C=O) groups is 1. The average Bonchev–Trinajstić information content (AvgIpc) is 2.27. The quantitative estimate of drug-likeness (QED) is 0.886. The molecule has 5 nitrogen and oxygen atoms in total. The Morgan fingerprint density at radius 2 is 1.74 bits per heavy atom. The number of rotatable bonds is 4. The molecule has 1 aromatic rings. The van der Waals surface area contributed by atoms with E-state index >= 15 is 0 Å². The van der Waals surface area contributed by atoms with E-state index in [2.05, 4.69) is 0 Å². The zero-order valence-electron chi connectivity index (χ0n) is 9.44. The summed E-state index contributed by atoms with van der Waals surface area (Å²) in [5.41, 5.74) is -0.949. The Hall–Kier alpha value is -1.77. The van der Waals surface area contributed by atoms with Crippen LogP contribution in [-0.4, -0.2) is 31.9 Å². The maximum atomic E-state index is 12.3. The number of amides is 1. The van der Waals surface area contributed by atoms with Gasteiger partial charge in [0, 0.05) is 6.54 Å². The predicted molar refractivity (Wildman–Crippen MR) is 59.5 cm³/mol. The number of hydrogen-bond donors (Lipinski definition) is 2. The van der Waals surface area contributed by atoms with E-state index < -0.39 is 33.4 Å². The second-order valence-electron chi connectivity index (χ2n) is 3.57. The molecule has 1 aromatic carbocycles. The summed E-state index contributed by atoms with van der Waals surface area (Å²) in [6.07, 6.45) is -5.91. The van der Waals surface area contributed by atoms with Gasteiger partial charge in [0.2, 0.25) is 0 Å². The number of alkyl halides is 3. The highest BCUT2D eigenvalue weighted by Crippen LogP contribution is 2.29. The van der Waals surface area contributed by atoms with Crippen LogP contribution in [0.3, 0.4) is 0 Å². The topological polar surface area (TPSA) is 83.5 Å². The molecule has 0 bridgehead atoms. The molecule has 0 unspecified atom stereocenters. The molecule has 0 aromatic heterocycles. The molecular weight excluding hydrogens is 287 g/mol. The number of hydrogen-bond acceptors (Lipinski definition) is 3. The lowest BCUT2D eigenvalue weighted by molar-refractivity contribution is -0.137. The minimum Gasteiger partial charge on any atom is -0.465 e. The van der Waals surface area contributed by atoms with Crippen LogP contribution >= 0.6 is 0 Å². The van der Waals surface area contributed by atoms with Crippen molar-refractivity contribution in [2.75, 3.05) is 12.3 Å². The fourth-order valence-electron chi connectivity index (χ4n) is 1.26. The van der Waals surface area contributed by atoms with Gasteiger partial charge in [-0.3, -0.25) is 0 Å². The molecule has 106 valence electrons. The fraction of sp³-hybridized carbons (Fsp3) is 0.300. The average molecular weight is 297 g/mol. The van der Waals surface area contributed by atoms with Gasteiger partial charge in [0.25, 0.3) is 0 Å². The Morgan fingerprint density at radius 1 is 1.21 bits per heavy atom. The standard InChI is InChI=1S/C10H10F3NO4S/c11-10(12,13)7-1-3-8(4-2-7)19(17,18)6-5-14-9(15)16/h1-4,14H,5-6H2,(H,15,16). The van der Waals surface area contributed by atoms with E-state index in [4.69, 9.17) is 5.11 Å². The van der Waals surface area contributed by atoms with Crippen LogP contribution in [0.2, 0.25) is 0 Å². The summed E-state index contributed by atoms with van der Waals surface area (Å²) in [7, 11) is -3.81. The first-order valence-electron chi connectivity index (χ1n) is 5.00. The summed E-state index contributed by atoms with van der Waals surface area (Å²) < 4.78 is 60.2. The predicted octanol–water partition coefficient (Wildman–Crippen LogP) is 1.75. The molecule has 1 rings (SSSR count). The van der Waals surface area contributed by atoms with Gasteiger partial charge in [-0.15, -0.1) is 0 Å². The molecule has 0 fully saturated rings. The lowest BCUT2D eigenvalue weighted by Gasteiger charge is -2.08. The zero-order chi connectivity index (χ0) is 14.7. The highest BCUT2D eigenvalue weighted by atomic mass is 32.2. The Bertz CT molecular complexity index is 551. The van der Waals surface area contributed by atoms with Gasteiger partial charge in [0.05, 0.1) is 16.2 Å². The molecule has 0 atom stereocenters. The number of nitrogens with one attached hydrogen (secondary N) is 1. The molecule has 1 amide bonds. The lowest BCUT2D eigenvalue weighted by Crippen LogP contribution is -2.27. The first-order chi connectivity index (χ1) is 8.63. The Morgan fingerprint density at radius 3 is 2.16 bits per heavy atom. The monoisotopic (exact) mass is 297 g/mol. The van der Waals surface area contributed by atoms with Crippen molar-refractivity contribution in [1.29, 1.82) is 0 Å². The molecule has 0 heterocycles. The number of carboxylic acid groups (broad SMARTS) is 1. The Kier molecular flexibility index (Phi) is 4.40. The largest absolute Gasteiger partial charge is 0.465 e. The van der Waals surface area contributed by atoms with Crippen LogP contribution in [-0.2, 0) is 16.0 Å². The maximum absolute atomic E-state index is 12.3. The fourth-order valence-corrected chi connectivity index (χ4v) is 2.42. The molecule has 19 heavy (non-hydrogen) atoms. The van der Waals surface area contributed by atoms with E-state index in [9.17, 15) is 26.4 Å². The maximum Gasteiger partial charge on any atom is 0.416 e. The third-order valence-corrected chi connectivity index (χ3v) is 3.92. The van der Waals surface area contributed by atoms with Crippen LogP contribution in [0, 0.1) is 0 Å². The highest BCUT2D eigenvalue weighted by molar-refractivity contribution is 7.91. The van der Waals surface area contributed by atoms with Crippen molar-refractivity contribution in [3.63, 3.8) is 0 Å². The molecule has 0 saturated heterocycles. The summed E-state index contributed by atoms with van der Waals surface area (Å²) in [5, 5.41) is 10.1. The van der Waals surface area contributed by atoms with E-state index in [0.29, 0.717) is 12.1 Å². The van der Waals surface area contributed by atoms with E-state index in [1.807, 2.05) is 5.32 Å². The molecular formula is C10H10F3NO4S. The second kappa shape index (κ2) is 5.47. The number of benzene rings is 1. The third kappa shape index (κ3) is 4.43. The van der Waals surface area contributed by atoms with Crippen molar-refractivity contribution in [3.05, 3.63) is 29.8 Å². The summed E-state index contributed by atoms with van der Waals surface area (Å²) in [6.45, 7) is -0.335. The van der Waals surface area contributed by atoms with E-state index in [0.717, 1.165) is 12.1 Å². The van der Waals surface area contributed by atoms with Crippen molar-refractivity contribution in [2.24, 2.45) is 0 Å². The van der Waals surface area contributed by atoms with Crippen molar-refractivity contribution in [3.8, 4) is 0 Å². The molecule has 0 spiro atoms. The first-order valence-corrected chi connectivity index (χ1v) is 6.65. The lowest BCUT2D eigenvalue weighted by atomic mass is 10.2. The highest BCUT2D eigenvalue weighted by Gasteiger charge is 2.30. The SMILES string of the molecule is O=C(O)NCCS(=O)(=O)c1ccc(C(F)(F)F)cc1. The molecule has 0 radical (unpaired) electrons. The molecule has 0 saturated carbocycles. The van der Waals surface area contributed by atoms with Crippen LogP contribution < -0.4 is 5.32 Å². The third-order valence-electron chi connectivity index (χ3n) is 2.19. The minimum absolute atomic E-state index is 0.285. The molecule has 0 aliphatic rings. The Balaban J connectivity index is 2.82. The van der Waals surface area contributed by atoms with Crippen LogP contribution in [0.25, 0.3) is 0 Å². The van der Waals surface area contributed by atoms with Crippen LogP contribution in [0.5, 0.6) is 0 Å². The van der Waals surface area contributed by atoms with Crippen molar-refractivity contribution < 1.29 is 31.5 Å². The summed E-state index contributed by atoms with van der Waals surface area (Å²) in [5.74, 6) is -0.523. The molecule has 2 N–H and O–H groups in total. The van der Waals surface area contributed by atoms with Crippen LogP contribution in [0.1, 0.15) is 5.56 Å². The summed E-state index contributed by atoms with van der Waals surface area (Å²) in [4.78, 5) is 9.86. The van der Waals surface area contributed by atoms with Gasteiger partial charge in [0.1, 0.15) is 0 Å². The molecule has 9 heteroatoms. The molecule has 0 aliphatic heterocycles. The smallest absolute Gasteiger partial charge is 0.416 e. The van der Waals surface area contributed by atoms with Crippen LogP contribution in [0.15, 0.2) is 29.2 Å². The van der Waals surface area contributed by atoms with E-state index in [1.54, 1.807) is 0 Å². The first kappa shape index (κ1) is 15.3. The second-order valence-corrected chi connectivity index (χ2v) is 5.68. The van der Waals surface area contributed by atoms with Gasteiger partial charge in [0.15, 0.2) is 9.84 Å².